The van der Waals surface area contributed by atoms with E-state index < -0.39 is 6.61 Å². The Bertz CT molecular complexity index is 512. The molecule has 2 aromatic rings. The minimum atomic E-state index is -0.517. The van der Waals surface area contributed by atoms with Crippen molar-refractivity contribution in [1.82, 2.24) is 15.0 Å². The number of hydrogen-bond acceptors (Lipinski definition) is 5. The first-order chi connectivity index (χ1) is 8.79. The van der Waals surface area contributed by atoms with Gasteiger partial charge in [-0.15, -0.1) is 0 Å². The van der Waals surface area contributed by atoms with E-state index in [1.807, 2.05) is 18.2 Å². The molecule has 2 aromatic heterocycles. The first kappa shape index (κ1) is 12.3. The summed E-state index contributed by atoms with van der Waals surface area (Å²) < 4.78 is 0. The van der Waals surface area contributed by atoms with Crippen molar-refractivity contribution in [2.24, 2.45) is 0 Å². The summed E-state index contributed by atoms with van der Waals surface area (Å²) in [6.45, 7) is -0.517. The van der Waals surface area contributed by atoms with E-state index in [0.29, 0.717) is 17.8 Å². The van der Waals surface area contributed by atoms with Crippen LogP contribution in [0.4, 0.5) is 0 Å². The molecule has 0 amide bonds. The topological polar surface area (TPSA) is 76.0 Å². The maximum atomic E-state index is 11.2. The Labute approximate surface area is 105 Å². The van der Waals surface area contributed by atoms with E-state index in [0.717, 1.165) is 12.1 Å². The number of aromatic nitrogens is 3. The number of hydrogen-bond donors (Lipinski definition) is 1. The van der Waals surface area contributed by atoms with Crippen LogP contribution in [-0.2, 0) is 12.8 Å². The summed E-state index contributed by atoms with van der Waals surface area (Å²) in [5.74, 6) is 0.293. The Morgan fingerprint density at radius 2 is 1.89 bits per heavy atom. The molecule has 2 heterocycles. The van der Waals surface area contributed by atoms with Gasteiger partial charge in [-0.1, -0.05) is 6.07 Å². The molecule has 1 N–H and O–H groups in total. The van der Waals surface area contributed by atoms with Gasteiger partial charge in [0, 0.05) is 30.7 Å². The van der Waals surface area contributed by atoms with Crippen molar-refractivity contribution in [3.8, 4) is 0 Å². The van der Waals surface area contributed by atoms with Gasteiger partial charge in [-0.25, -0.2) is 9.97 Å². The van der Waals surface area contributed by atoms with Crippen molar-refractivity contribution < 1.29 is 9.90 Å². The minimum absolute atomic E-state index is 0.332. The fraction of sp³-hybridized carbons (Fsp3) is 0.231. The predicted molar refractivity (Wildman–Crippen MR) is 65.1 cm³/mol. The molecule has 92 valence electrons. The lowest BCUT2D eigenvalue weighted by Crippen LogP contribution is -2.07. The second-order valence-electron chi connectivity index (χ2n) is 3.79. The molecule has 0 bridgehead atoms. The quantitative estimate of drug-likeness (QED) is 0.787. The number of ketones is 1. The van der Waals surface area contributed by atoms with E-state index in [9.17, 15) is 4.79 Å². The summed E-state index contributed by atoms with van der Waals surface area (Å²) in [6.07, 6.45) is 6.07. The minimum Gasteiger partial charge on any atom is -0.388 e. The number of nitrogens with zero attached hydrogens (tertiary/aromatic N) is 3. The van der Waals surface area contributed by atoms with E-state index in [1.54, 1.807) is 6.20 Å². The number of carbonyl (C=O) groups is 1. The molecule has 0 spiro atoms. The highest BCUT2D eigenvalue weighted by molar-refractivity contribution is 5.96. The lowest BCUT2D eigenvalue weighted by molar-refractivity contribution is 0.0903. The molecular weight excluding hydrogens is 230 g/mol. The maximum absolute atomic E-state index is 11.2. The van der Waals surface area contributed by atoms with Gasteiger partial charge in [0.2, 0.25) is 0 Å². The zero-order chi connectivity index (χ0) is 12.8. The number of pyridine rings is 1. The SMILES string of the molecule is O=C(CO)c1cnc(CCc2ccccn2)nc1. The van der Waals surface area contributed by atoms with E-state index in [1.165, 1.54) is 12.4 Å². The average molecular weight is 243 g/mol. The van der Waals surface area contributed by atoms with E-state index in [2.05, 4.69) is 15.0 Å². The second kappa shape index (κ2) is 5.97. The van der Waals surface area contributed by atoms with Crippen LogP contribution >= 0.6 is 0 Å². The molecule has 0 unspecified atom stereocenters. The van der Waals surface area contributed by atoms with E-state index in [-0.39, 0.29) is 5.78 Å². The number of rotatable bonds is 5. The highest BCUT2D eigenvalue weighted by Crippen LogP contribution is 2.02. The number of aryl methyl sites for hydroxylation is 2. The number of Topliss-reactive ketones (excluding diaryl/α,β-unsaturated/α-hetero) is 1. The van der Waals surface area contributed by atoms with Gasteiger partial charge in [0.1, 0.15) is 12.4 Å². The van der Waals surface area contributed by atoms with Gasteiger partial charge in [-0.05, 0) is 18.6 Å². The first-order valence-electron chi connectivity index (χ1n) is 5.64. The molecule has 0 aromatic carbocycles. The smallest absolute Gasteiger partial charge is 0.191 e. The number of aliphatic hydroxyl groups is 1. The Balaban J connectivity index is 1.97. The van der Waals surface area contributed by atoms with Gasteiger partial charge in [0.25, 0.3) is 0 Å². The van der Waals surface area contributed by atoms with Crippen molar-refractivity contribution in [3.05, 3.63) is 53.9 Å². The summed E-state index contributed by atoms with van der Waals surface area (Å²) in [6, 6.07) is 5.76. The van der Waals surface area contributed by atoms with Crippen molar-refractivity contribution in [2.45, 2.75) is 12.8 Å². The van der Waals surface area contributed by atoms with E-state index in [4.69, 9.17) is 5.11 Å². The van der Waals surface area contributed by atoms with Gasteiger partial charge in [-0.3, -0.25) is 9.78 Å². The third-order valence-corrected chi connectivity index (χ3v) is 2.50. The molecule has 0 atom stereocenters. The van der Waals surface area contributed by atoms with Crippen LogP contribution in [0.1, 0.15) is 21.9 Å². The normalized spacial score (nSPS) is 10.3. The van der Waals surface area contributed by atoms with Gasteiger partial charge in [0.15, 0.2) is 5.78 Å². The average Bonchev–Trinajstić information content (AvgIpc) is 2.46. The predicted octanol–water partition coefficient (Wildman–Crippen LogP) is 0.832. The van der Waals surface area contributed by atoms with Crippen LogP contribution in [0.3, 0.4) is 0 Å². The van der Waals surface area contributed by atoms with Gasteiger partial charge in [-0.2, -0.15) is 0 Å². The molecule has 0 aliphatic rings. The largest absolute Gasteiger partial charge is 0.388 e. The van der Waals surface area contributed by atoms with Crippen LogP contribution < -0.4 is 0 Å². The van der Waals surface area contributed by atoms with Crippen LogP contribution in [0.25, 0.3) is 0 Å². The molecule has 5 nitrogen and oxygen atoms in total. The summed E-state index contributed by atoms with van der Waals surface area (Å²) in [5.41, 5.74) is 1.32. The molecule has 5 heteroatoms. The van der Waals surface area contributed by atoms with Gasteiger partial charge < -0.3 is 5.11 Å². The molecule has 0 aliphatic carbocycles. The summed E-state index contributed by atoms with van der Waals surface area (Å²) in [5, 5.41) is 8.70. The molecule has 18 heavy (non-hydrogen) atoms. The van der Waals surface area contributed by atoms with E-state index >= 15 is 0 Å². The molecule has 0 aliphatic heterocycles. The van der Waals surface area contributed by atoms with Gasteiger partial charge in [0.05, 0.1) is 5.56 Å². The maximum Gasteiger partial charge on any atom is 0.191 e. The molecule has 0 saturated heterocycles. The Morgan fingerprint density at radius 1 is 1.11 bits per heavy atom. The van der Waals surface area contributed by atoms with Crippen molar-refractivity contribution in [3.63, 3.8) is 0 Å². The number of carbonyl (C=O) groups excluding carboxylic acids is 1. The highest BCUT2D eigenvalue weighted by atomic mass is 16.3. The fourth-order valence-electron chi connectivity index (χ4n) is 1.51. The van der Waals surface area contributed by atoms with Crippen molar-refractivity contribution in [2.75, 3.05) is 6.61 Å². The van der Waals surface area contributed by atoms with Crippen LogP contribution in [0.15, 0.2) is 36.8 Å². The van der Waals surface area contributed by atoms with Crippen LogP contribution in [0, 0.1) is 0 Å². The van der Waals surface area contributed by atoms with Crippen molar-refractivity contribution >= 4 is 5.78 Å². The Hall–Kier alpha value is -2.14. The second-order valence-corrected chi connectivity index (χ2v) is 3.79. The third kappa shape index (κ3) is 3.18. The summed E-state index contributed by atoms with van der Waals surface area (Å²) >= 11 is 0. The van der Waals surface area contributed by atoms with Crippen LogP contribution in [0.2, 0.25) is 0 Å². The fourth-order valence-corrected chi connectivity index (χ4v) is 1.51. The molecule has 0 fully saturated rings. The Morgan fingerprint density at radius 3 is 2.50 bits per heavy atom. The monoisotopic (exact) mass is 243 g/mol. The first-order valence-corrected chi connectivity index (χ1v) is 5.64. The Kier molecular flexibility index (Phi) is 4.09. The molecule has 0 saturated carbocycles. The molecular formula is C13H13N3O2. The van der Waals surface area contributed by atoms with Crippen LogP contribution in [0.5, 0.6) is 0 Å². The molecule has 0 radical (unpaired) electrons. The summed E-state index contributed by atoms with van der Waals surface area (Å²) in [7, 11) is 0. The zero-order valence-corrected chi connectivity index (χ0v) is 9.78. The lowest BCUT2D eigenvalue weighted by Gasteiger charge is -2.01. The third-order valence-electron chi connectivity index (χ3n) is 2.50. The summed E-state index contributed by atoms with van der Waals surface area (Å²) in [4.78, 5) is 23.6. The highest BCUT2D eigenvalue weighted by Gasteiger charge is 2.05. The van der Waals surface area contributed by atoms with Gasteiger partial charge >= 0.3 is 0 Å². The van der Waals surface area contributed by atoms with Crippen LogP contribution in [-0.4, -0.2) is 32.4 Å². The van der Waals surface area contributed by atoms with Crippen molar-refractivity contribution in [1.29, 1.82) is 0 Å². The zero-order valence-electron chi connectivity index (χ0n) is 9.78. The molecule has 2 rings (SSSR count). The number of aliphatic hydroxyl groups excluding tert-OH is 1. The lowest BCUT2D eigenvalue weighted by atomic mass is 10.2. The standard InChI is InChI=1S/C13H13N3O2/c17-9-12(18)10-7-15-13(16-8-10)5-4-11-3-1-2-6-14-11/h1-3,6-8,17H,4-5,9H2.